The Balaban J connectivity index is 2.34. The van der Waals surface area contributed by atoms with Crippen molar-refractivity contribution in [3.05, 3.63) is 29.3 Å². The second kappa shape index (κ2) is 5.77. The normalized spacial score (nSPS) is 16.8. The fraction of sp³-hybridized carbons (Fsp3) is 0.333. The summed E-state index contributed by atoms with van der Waals surface area (Å²) in [6.07, 6.45) is 3.38. The quantitative estimate of drug-likeness (QED) is 0.658. The maximum atomic E-state index is 11.1. The molecule has 5 heteroatoms. The number of aliphatic carboxylic acids is 1. The van der Waals surface area contributed by atoms with E-state index in [9.17, 15) is 9.59 Å². The van der Waals surface area contributed by atoms with Crippen LogP contribution in [-0.2, 0) is 16.0 Å². The Morgan fingerprint density at radius 1 is 1.50 bits per heavy atom. The summed E-state index contributed by atoms with van der Waals surface area (Å²) in [6.45, 7) is 4.33. The molecule has 1 aromatic carbocycles. The number of ketones is 1. The molecule has 1 N–H and O–H groups in total. The molecule has 0 radical (unpaired) electrons. The Kier molecular flexibility index (Phi) is 4.08. The van der Waals surface area contributed by atoms with Gasteiger partial charge in [0.2, 0.25) is 0 Å². The maximum Gasteiger partial charge on any atom is 0.376 e. The molecular weight excluding hydrogens is 260 g/mol. The molecule has 0 saturated carbocycles. The Hall–Kier alpha value is -2.30. The van der Waals surface area contributed by atoms with Crippen LogP contribution < -0.4 is 9.47 Å². The van der Waals surface area contributed by atoms with Crippen molar-refractivity contribution in [2.75, 3.05) is 6.61 Å². The molecule has 2 rings (SSSR count). The van der Waals surface area contributed by atoms with Crippen molar-refractivity contribution >= 4 is 17.8 Å². The summed E-state index contributed by atoms with van der Waals surface area (Å²) in [5.41, 5.74) is 1.69. The van der Waals surface area contributed by atoms with Crippen LogP contribution in [0.25, 0.3) is 6.08 Å². The van der Waals surface area contributed by atoms with Crippen LogP contribution in [0.5, 0.6) is 11.5 Å². The zero-order chi connectivity index (χ0) is 14.7. The molecule has 0 saturated heterocycles. The Labute approximate surface area is 116 Å². The number of carboxylic acids is 1. The third kappa shape index (κ3) is 2.99. The first-order valence-electron chi connectivity index (χ1n) is 6.43. The summed E-state index contributed by atoms with van der Waals surface area (Å²) in [5.74, 6) is -1.07. The highest BCUT2D eigenvalue weighted by molar-refractivity contribution is 6.38. The first kappa shape index (κ1) is 14.1. The van der Waals surface area contributed by atoms with Gasteiger partial charge in [-0.15, -0.1) is 0 Å². The van der Waals surface area contributed by atoms with Gasteiger partial charge in [0.15, 0.2) is 0 Å². The molecule has 1 unspecified atom stereocenters. The van der Waals surface area contributed by atoms with Crippen molar-refractivity contribution in [1.29, 1.82) is 0 Å². The van der Waals surface area contributed by atoms with E-state index in [-0.39, 0.29) is 6.10 Å². The second-order valence-electron chi connectivity index (χ2n) is 4.57. The van der Waals surface area contributed by atoms with Gasteiger partial charge in [0.25, 0.3) is 5.78 Å². The molecule has 0 amide bonds. The highest BCUT2D eigenvalue weighted by Crippen LogP contribution is 2.35. The number of hydrogen-bond acceptors (Lipinski definition) is 4. The van der Waals surface area contributed by atoms with Gasteiger partial charge in [-0.25, -0.2) is 4.79 Å². The molecule has 1 heterocycles. The van der Waals surface area contributed by atoms with Gasteiger partial charge in [-0.1, -0.05) is 0 Å². The van der Waals surface area contributed by atoms with Crippen LogP contribution in [0.1, 0.15) is 25.0 Å². The minimum Gasteiger partial charge on any atom is -0.493 e. The zero-order valence-corrected chi connectivity index (χ0v) is 11.4. The molecule has 5 nitrogen and oxygen atoms in total. The van der Waals surface area contributed by atoms with E-state index in [1.807, 2.05) is 19.9 Å². The monoisotopic (exact) mass is 276 g/mol. The average molecular weight is 276 g/mol. The Morgan fingerprint density at radius 3 is 2.90 bits per heavy atom. The van der Waals surface area contributed by atoms with Crippen LogP contribution >= 0.6 is 0 Å². The predicted octanol–water partition coefficient (Wildman–Crippen LogP) is 2.08. The number of hydrogen-bond donors (Lipinski definition) is 1. The van der Waals surface area contributed by atoms with Crippen molar-refractivity contribution < 1.29 is 24.2 Å². The van der Waals surface area contributed by atoms with E-state index >= 15 is 0 Å². The van der Waals surface area contributed by atoms with Crippen LogP contribution in [0.2, 0.25) is 0 Å². The van der Waals surface area contributed by atoms with Gasteiger partial charge >= 0.3 is 5.97 Å². The molecule has 106 valence electrons. The molecule has 20 heavy (non-hydrogen) atoms. The molecule has 1 aliphatic rings. The lowest BCUT2D eigenvalue weighted by Gasteiger charge is -2.09. The van der Waals surface area contributed by atoms with Crippen LogP contribution in [0.3, 0.4) is 0 Å². The number of benzene rings is 1. The smallest absolute Gasteiger partial charge is 0.376 e. The van der Waals surface area contributed by atoms with Gasteiger partial charge in [0.05, 0.1) is 6.61 Å². The molecule has 1 aliphatic heterocycles. The molecule has 0 aromatic heterocycles. The molecular formula is C15H16O5. The predicted molar refractivity (Wildman–Crippen MR) is 73.1 cm³/mol. The van der Waals surface area contributed by atoms with Crippen molar-refractivity contribution in [3.63, 3.8) is 0 Å². The molecule has 1 aromatic rings. The van der Waals surface area contributed by atoms with E-state index in [0.717, 1.165) is 23.8 Å². The number of ether oxygens (including phenoxy) is 2. The van der Waals surface area contributed by atoms with E-state index in [0.29, 0.717) is 17.9 Å². The van der Waals surface area contributed by atoms with Crippen LogP contribution in [0, 0.1) is 0 Å². The zero-order valence-electron chi connectivity index (χ0n) is 11.4. The highest BCUT2D eigenvalue weighted by Gasteiger charge is 2.21. The lowest BCUT2D eigenvalue weighted by atomic mass is 10.1. The van der Waals surface area contributed by atoms with Gasteiger partial charge in [-0.3, -0.25) is 4.79 Å². The van der Waals surface area contributed by atoms with Crippen LogP contribution in [-0.4, -0.2) is 29.6 Å². The highest BCUT2D eigenvalue weighted by atomic mass is 16.5. The first-order valence-corrected chi connectivity index (χ1v) is 6.43. The van der Waals surface area contributed by atoms with Crippen LogP contribution in [0.4, 0.5) is 0 Å². The number of fused-ring (bicyclic) bond motifs is 1. The number of rotatable bonds is 5. The summed E-state index contributed by atoms with van der Waals surface area (Å²) >= 11 is 0. The molecule has 0 bridgehead atoms. The average Bonchev–Trinajstić information content (AvgIpc) is 2.74. The first-order chi connectivity index (χ1) is 9.51. The van der Waals surface area contributed by atoms with Gasteiger partial charge in [0.1, 0.15) is 17.6 Å². The molecule has 0 spiro atoms. The molecule has 0 fully saturated rings. The van der Waals surface area contributed by atoms with Gasteiger partial charge < -0.3 is 14.6 Å². The number of carbonyl (C=O) groups excluding carboxylic acids is 1. The molecule has 1 atom stereocenters. The third-order valence-electron chi connectivity index (χ3n) is 2.95. The maximum absolute atomic E-state index is 11.1. The van der Waals surface area contributed by atoms with E-state index in [1.165, 1.54) is 6.08 Å². The topological polar surface area (TPSA) is 72.8 Å². The van der Waals surface area contributed by atoms with E-state index in [2.05, 4.69) is 0 Å². The van der Waals surface area contributed by atoms with Gasteiger partial charge in [-0.2, -0.15) is 0 Å². The van der Waals surface area contributed by atoms with Crippen molar-refractivity contribution in [3.8, 4) is 11.5 Å². The van der Waals surface area contributed by atoms with E-state index in [4.69, 9.17) is 14.6 Å². The third-order valence-corrected chi connectivity index (χ3v) is 2.95. The second-order valence-corrected chi connectivity index (χ2v) is 4.57. The number of carbonyl (C=O) groups is 2. The fourth-order valence-corrected chi connectivity index (χ4v) is 2.10. The largest absolute Gasteiger partial charge is 0.493 e. The Morgan fingerprint density at radius 2 is 2.25 bits per heavy atom. The van der Waals surface area contributed by atoms with Crippen molar-refractivity contribution in [2.24, 2.45) is 0 Å². The lowest BCUT2D eigenvalue weighted by molar-refractivity contribution is -0.146. The van der Waals surface area contributed by atoms with Gasteiger partial charge in [0, 0.05) is 17.5 Å². The summed E-state index contributed by atoms with van der Waals surface area (Å²) < 4.78 is 11.2. The SMILES string of the molecule is CCOc1cc2c(cc1/C=C/C(=O)C(=O)O)OC(C)C2. The lowest BCUT2D eigenvalue weighted by Crippen LogP contribution is -2.08. The van der Waals surface area contributed by atoms with E-state index < -0.39 is 11.8 Å². The summed E-state index contributed by atoms with van der Waals surface area (Å²) in [6, 6.07) is 3.66. The Bertz CT molecular complexity index is 574. The standard InChI is InChI=1S/C15H16O5/c1-3-19-13-8-11-6-9(2)20-14(11)7-10(13)4-5-12(16)15(17)18/h4-5,7-9H,3,6H2,1-2H3,(H,17,18)/b5-4+. The summed E-state index contributed by atoms with van der Waals surface area (Å²) in [4.78, 5) is 21.6. The van der Waals surface area contributed by atoms with Crippen LogP contribution in [0.15, 0.2) is 18.2 Å². The fourth-order valence-electron chi connectivity index (χ4n) is 2.10. The summed E-state index contributed by atoms with van der Waals surface area (Å²) in [7, 11) is 0. The minimum absolute atomic E-state index is 0.111. The summed E-state index contributed by atoms with van der Waals surface area (Å²) in [5, 5.41) is 8.57. The molecule has 0 aliphatic carbocycles. The number of carboxylic acid groups (broad SMARTS) is 1. The van der Waals surface area contributed by atoms with E-state index in [1.54, 1.807) is 6.07 Å². The minimum atomic E-state index is -1.48. The van der Waals surface area contributed by atoms with Gasteiger partial charge in [-0.05, 0) is 38.1 Å². The van der Waals surface area contributed by atoms with Crippen molar-refractivity contribution in [1.82, 2.24) is 0 Å². The van der Waals surface area contributed by atoms with Crippen molar-refractivity contribution in [2.45, 2.75) is 26.4 Å².